The van der Waals surface area contributed by atoms with Crippen LogP contribution >= 0.6 is 11.6 Å². The molecule has 0 aliphatic rings. The van der Waals surface area contributed by atoms with Crippen LogP contribution in [0.3, 0.4) is 0 Å². The number of aromatic nitrogens is 5. The third kappa shape index (κ3) is 5.05. The first kappa shape index (κ1) is 24.9. The van der Waals surface area contributed by atoms with Gasteiger partial charge in [0.15, 0.2) is 23.1 Å². The summed E-state index contributed by atoms with van der Waals surface area (Å²) in [6, 6.07) is 6.31. The fraction of sp³-hybridized carbons (Fsp3) is 0.136. The highest BCUT2D eigenvalue weighted by atomic mass is 35.5. The van der Waals surface area contributed by atoms with Crippen molar-refractivity contribution >= 4 is 29.0 Å². The summed E-state index contributed by atoms with van der Waals surface area (Å²) in [5, 5.41) is 5.83. The summed E-state index contributed by atoms with van der Waals surface area (Å²) >= 11 is 5.92. The first-order valence-corrected chi connectivity index (χ1v) is 10.6. The quantitative estimate of drug-likeness (QED) is 0.340. The molecule has 0 atom stereocenters. The van der Waals surface area contributed by atoms with Crippen LogP contribution in [0.1, 0.15) is 28.5 Å². The lowest BCUT2D eigenvalue weighted by atomic mass is 10.2. The van der Waals surface area contributed by atoms with Crippen LogP contribution in [0.15, 0.2) is 49.1 Å². The minimum absolute atomic E-state index is 0.0800. The number of halogens is 5. The molecule has 0 unspecified atom stereocenters. The van der Waals surface area contributed by atoms with Gasteiger partial charge in [-0.15, -0.1) is 0 Å². The summed E-state index contributed by atoms with van der Waals surface area (Å²) in [6.07, 6.45) is -1.18. The van der Waals surface area contributed by atoms with E-state index in [2.05, 4.69) is 25.4 Å². The zero-order valence-electron chi connectivity index (χ0n) is 18.3. The number of anilines is 2. The molecule has 0 bridgehead atoms. The van der Waals surface area contributed by atoms with Gasteiger partial charge in [0.2, 0.25) is 5.88 Å². The number of hydrogen-bond acceptors (Lipinski definition) is 7. The van der Waals surface area contributed by atoms with E-state index in [9.17, 15) is 22.4 Å². The van der Waals surface area contributed by atoms with Crippen molar-refractivity contribution < 1.29 is 27.1 Å². The molecule has 0 fully saturated rings. The minimum atomic E-state index is -4.94. The van der Waals surface area contributed by atoms with Crippen LogP contribution < -0.4 is 15.8 Å². The van der Waals surface area contributed by atoms with Gasteiger partial charge in [-0.25, -0.2) is 19.0 Å². The standard InChI is InChI=1S/C22H16ClF4N7O2/c1-2-11-5-6-29-16(7-11)34-18(22(25,26)27)13(9-32-34)20(35)33-12-3-4-15(14(24)8-12)36-21-17(23)19(28)30-10-31-21/h3-10H,2H2,1H3,(H,33,35)(H2,28,30,31). The predicted molar refractivity (Wildman–Crippen MR) is 122 cm³/mol. The molecule has 9 nitrogen and oxygen atoms in total. The van der Waals surface area contributed by atoms with Crippen molar-refractivity contribution in [2.45, 2.75) is 19.5 Å². The fourth-order valence-electron chi connectivity index (χ4n) is 3.16. The first-order valence-electron chi connectivity index (χ1n) is 10.2. The average molecular weight is 522 g/mol. The summed E-state index contributed by atoms with van der Waals surface area (Å²) in [5.41, 5.74) is 4.06. The van der Waals surface area contributed by atoms with Crippen LogP contribution in [0, 0.1) is 5.82 Å². The van der Waals surface area contributed by atoms with Gasteiger partial charge in [0.25, 0.3) is 5.91 Å². The van der Waals surface area contributed by atoms with E-state index in [1.54, 1.807) is 6.07 Å². The van der Waals surface area contributed by atoms with Gasteiger partial charge in [-0.2, -0.15) is 23.3 Å². The number of carbonyl (C=O) groups is 1. The first-order chi connectivity index (χ1) is 17.1. The lowest BCUT2D eigenvalue weighted by Crippen LogP contribution is -2.21. The summed E-state index contributed by atoms with van der Waals surface area (Å²) in [7, 11) is 0. The van der Waals surface area contributed by atoms with Crippen molar-refractivity contribution in [1.82, 2.24) is 24.7 Å². The number of rotatable bonds is 6. The Balaban J connectivity index is 1.61. The molecule has 14 heteroatoms. The second kappa shape index (κ2) is 9.77. The molecular formula is C22H16ClF4N7O2. The molecule has 4 aromatic rings. The molecule has 0 saturated carbocycles. The number of nitrogens with two attached hydrogens (primary N) is 1. The molecule has 3 heterocycles. The molecule has 4 rings (SSSR count). The highest BCUT2D eigenvalue weighted by Gasteiger charge is 2.41. The Labute approximate surface area is 205 Å². The number of hydrogen-bond donors (Lipinski definition) is 2. The molecular weight excluding hydrogens is 506 g/mol. The second-order valence-corrected chi connectivity index (χ2v) is 7.65. The van der Waals surface area contributed by atoms with E-state index < -0.39 is 29.2 Å². The zero-order chi connectivity index (χ0) is 26.0. The van der Waals surface area contributed by atoms with Crippen LogP contribution in [0.5, 0.6) is 11.6 Å². The SMILES string of the molecule is CCc1ccnc(-n2ncc(C(=O)Nc3ccc(Oc4ncnc(N)c4Cl)c(F)c3)c2C(F)(F)F)c1. The van der Waals surface area contributed by atoms with Crippen LogP contribution in [-0.4, -0.2) is 30.6 Å². The van der Waals surface area contributed by atoms with E-state index in [4.69, 9.17) is 22.1 Å². The molecule has 0 saturated heterocycles. The number of nitrogen functional groups attached to an aromatic ring is 1. The van der Waals surface area contributed by atoms with Crippen LogP contribution in [0.25, 0.3) is 5.82 Å². The number of ether oxygens (including phenoxy) is 1. The molecule has 186 valence electrons. The number of amides is 1. The van der Waals surface area contributed by atoms with Crippen LogP contribution in [-0.2, 0) is 12.6 Å². The van der Waals surface area contributed by atoms with E-state index >= 15 is 0 Å². The lowest BCUT2D eigenvalue weighted by molar-refractivity contribution is -0.143. The van der Waals surface area contributed by atoms with Gasteiger partial charge in [-0.3, -0.25) is 4.79 Å². The Bertz CT molecular complexity index is 1440. The second-order valence-electron chi connectivity index (χ2n) is 7.27. The van der Waals surface area contributed by atoms with Crippen LogP contribution in [0.4, 0.5) is 29.1 Å². The number of aryl methyl sites for hydroxylation is 1. The molecule has 0 aliphatic heterocycles. The van der Waals surface area contributed by atoms with Crippen molar-refractivity contribution in [1.29, 1.82) is 0 Å². The maximum atomic E-state index is 14.6. The van der Waals surface area contributed by atoms with Crippen LogP contribution in [0.2, 0.25) is 5.02 Å². The molecule has 0 aliphatic carbocycles. The maximum absolute atomic E-state index is 14.6. The van der Waals surface area contributed by atoms with Crippen molar-refractivity contribution in [2.75, 3.05) is 11.1 Å². The predicted octanol–water partition coefficient (Wildman–Crippen LogP) is 5.06. The number of pyridine rings is 1. The maximum Gasteiger partial charge on any atom is 0.434 e. The molecule has 0 spiro atoms. The third-order valence-corrected chi connectivity index (χ3v) is 5.25. The van der Waals surface area contributed by atoms with Crippen molar-refractivity contribution in [3.05, 3.63) is 76.7 Å². The smallest absolute Gasteiger partial charge is 0.434 e. The fourth-order valence-corrected chi connectivity index (χ4v) is 3.30. The number of nitrogens with one attached hydrogen (secondary N) is 1. The van der Waals surface area contributed by atoms with Gasteiger partial charge < -0.3 is 15.8 Å². The Hall–Kier alpha value is -4.26. The summed E-state index contributed by atoms with van der Waals surface area (Å²) in [5.74, 6) is -2.81. The Morgan fingerprint density at radius 3 is 2.67 bits per heavy atom. The van der Waals surface area contributed by atoms with E-state index in [1.807, 2.05) is 6.92 Å². The van der Waals surface area contributed by atoms with Gasteiger partial charge in [-0.05, 0) is 36.2 Å². The summed E-state index contributed by atoms with van der Waals surface area (Å²) in [4.78, 5) is 24.1. The molecule has 3 N–H and O–H groups in total. The summed E-state index contributed by atoms with van der Waals surface area (Å²) in [6.45, 7) is 1.83. The molecule has 36 heavy (non-hydrogen) atoms. The minimum Gasteiger partial charge on any atom is -0.434 e. The molecule has 0 radical (unpaired) electrons. The summed E-state index contributed by atoms with van der Waals surface area (Å²) < 4.78 is 62.2. The normalized spacial score (nSPS) is 11.4. The van der Waals surface area contributed by atoms with E-state index in [0.717, 1.165) is 30.2 Å². The molecule has 1 amide bonds. The van der Waals surface area contributed by atoms with Gasteiger partial charge in [0.1, 0.15) is 17.2 Å². The Morgan fingerprint density at radius 2 is 1.97 bits per heavy atom. The monoisotopic (exact) mass is 521 g/mol. The average Bonchev–Trinajstić information content (AvgIpc) is 3.30. The highest BCUT2D eigenvalue weighted by Crippen LogP contribution is 2.35. The largest absolute Gasteiger partial charge is 0.434 e. The van der Waals surface area contributed by atoms with Gasteiger partial charge in [-0.1, -0.05) is 18.5 Å². The number of benzene rings is 1. The van der Waals surface area contributed by atoms with Gasteiger partial charge in [0, 0.05) is 18.0 Å². The zero-order valence-corrected chi connectivity index (χ0v) is 19.1. The van der Waals surface area contributed by atoms with Crippen molar-refractivity contribution in [2.24, 2.45) is 0 Å². The highest BCUT2D eigenvalue weighted by molar-refractivity contribution is 6.34. The van der Waals surface area contributed by atoms with Gasteiger partial charge >= 0.3 is 6.18 Å². The Kier molecular flexibility index (Phi) is 6.75. The van der Waals surface area contributed by atoms with E-state index in [-0.39, 0.29) is 34.0 Å². The molecule has 1 aromatic carbocycles. The third-order valence-electron chi connectivity index (χ3n) is 4.90. The molecule has 3 aromatic heterocycles. The van der Waals surface area contributed by atoms with E-state index in [0.29, 0.717) is 11.1 Å². The van der Waals surface area contributed by atoms with Crippen molar-refractivity contribution in [3.8, 4) is 17.4 Å². The number of carbonyl (C=O) groups excluding carboxylic acids is 1. The number of alkyl halides is 3. The number of nitrogens with zero attached hydrogens (tertiary/aromatic N) is 5. The Morgan fingerprint density at radius 1 is 1.19 bits per heavy atom. The lowest BCUT2D eigenvalue weighted by Gasteiger charge is -2.13. The van der Waals surface area contributed by atoms with Crippen molar-refractivity contribution in [3.63, 3.8) is 0 Å². The van der Waals surface area contributed by atoms with E-state index in [1.165, 1.54) is 18.3 Å². The van der Waals surface area contributed by atoms with Gasteiger partial charge in [0.05, 0.1) is 11.8 Å². The topological polar surface area (TPSA) is 121 Å².